The van der Waals surface area contributed by atoms with Crippen molar-refractivity contribution in [2.75, 3.05) is 6.61 Å². The SMILES string of the molecule is c1ccc(COC[C@H]2O[C@@H](c3ccccc3-c3ccccn3)C[C@@H](OCc3ccccc3)[C@@H]2OCc2ccccc2)cc1. The monoisotopic (exact) mass is 571 g/mol. The van der Waals surface area contributed by atoms with Gasteiger partial charge in [-0.2, -0.15) is 0 Å². The highest BCUT2D eigenvalue weighted by Gasteiger charge is 2.41. The molecule has 0 amide bonds. The van der Waals surface area contributed by atoms with Crippen LogP contribution < -0.4 is 0 Å². The molecule has 5 heteroatoms. The molecule has 0 N–H and O–H groups in total. The lowest BCUT2D eigenvalue weighted by atomic mass is 9.90. The molecule has 6 rings (SSSR count). The Bertz CT molecular complexity index is 1520. The Morgan fingerprint density at radius 2 is 1.19 bits per heavy atom. The molecule has 0 spiro atoms. The van der Waals surface area contributed by atoms with E-state index in [0.29, 0.717) is 32.8 Å². The largest absolute Gasteiger partial charge is 0.374 e. The molecule has 0 saturated carbocycles. The van der Waals surface area contributed by atoms with Crippen molar-refractivity contribution in [2.45, 2.75) is 50.7 Å². The van der Waals surface area contributed by atoms with Gasteiger partial charge in [0.2, 0.25) is 0 Å². The van der Waals surface area contributed by atoms with Gasteiger partial charge in [0.25, 0.3) is 0 Å². The Labute approximate surface area is 254 Å². The van der Waals surface area contributed by atoms with Crippen LogP contribution >= 0.6 is 0 Å². The number of hydrogen-bond donors (Lipinski definition) is 0. The van der Waals surface area contributed by atoms with Crippen molar-refractivity contribution in [3.8, 4) is 11.3 Å². The Hall–Kier alpha value is -4.13. The van der Waals surface area contributed by atoms with E-state index >= 15 is 0 Å². The lowest BCUT2D eigenvalue weighted by Gasteiger charge is -2.42. The summed E-state index contributed by atoms with van der Waals surface area (Å²) in [5.41, 5.74) is 6.41. The standard InChI is InChI=1S/C38H37NO4/c1-4-14-29(15-5-1)25-40-28-37-38(42-27-31-18-8-3-9-19-31)36(41-26-30-16-6-2-7-17-30)24-35(43-37)33-21-11-10-20-32(33)34-22-12-13-23-39-34/h1-23,35-38H,24-28H2/t35-,36-,37-,38+/m1/s1. The quantitative estimate of drug-likeness (QED) is 0.152. The van der Waals surface area contributed by atoms with E-state index in [0.717, 1.165) is 33.5 Å². The Kier molecular flexibility index (Phi) is 10.0. The van der Waals surface area contributed by atoms with Crippen molar-refractivity contribution in [2.24, 2.45) is 0 Å². The number of hydrogen-bond acceptors (Lipinski definition) is 5. The van der Waals surface area contributed by atoms with Gasteiger partial charge >= 0.3 is 0 Å². The maximum absolute atomic E-state index is 6.90. The van der Waals surface area contributed by atoms with Crippen LogP contribution in [0.25, 0.3) is 11.3 Å². The van der Waals surface area contributed by atoms with Crippen LogP contribution in [0.2, 0.25) is 0 Å². The van der Waals surface area contributed by atoms with Crippen molar-refractivity contribution in [1.82, 2.24) is 4.98 Å². The van der Waals surface area contributed by atoms with Gasteiger partial charge in [0.1, 0.15) is 12.2 Å². The van der Waals surface area contributed by atoms with Crippen LogP contribution in [0.5, 0.6) is 0 Å². The summed E-state index contributed by atoms with van der Waals surface area (Å²) in [6.45, 7) is 1.83. The first kappa shape index (κ1) is 29.0. The first-order valence-electron chi connectivity index (χ1n) is 14.9. The summed E-state index contributed by atoms with van der Waals surface area (Å²) in [4.78, 5) is 4.64. The topological polar surface area (TPSA) is 49.8 Å². The van der Waals surface area contributed by atoms with Crippen LogP contribution in [-0.2, 0) is 38.8 Å². The molecule has 4 atom stereocenters. The van der Waals surface area contributed by atoms with Crippen LogP contribution in [-0.4, -0.2) is 29.9 Å². The molecule has 5 aromatic rings. The minimum atomic E-state index is -0.344. The summed E-state index contributed by atoms with van der Waals surface area (Å²) in [5, 5.41) is 0. The molecule has 1 fully saturated rings. The van der Waals surface area contributed by atoms with Gasteiger partial charge in [-0.15, -0.1) is 0 Å². The maximum atomic E-state index is 6.90. The Balaban J connectivity index is 1.29. The third-order valence-corrected chi connectivity index (χ3v) is 7.75. The zero-order valence-corrected chi connectivity index (χ0v) is 24.2. The van der Waals surface area contributed by atoms with Gasteiger partial charge < -0.3 is 18.9 Å². The first-order chi connectivity index (χ1) is 21.3. The van der Waals surface area contributed by atoms with Crippen molar-refractivity contribution < 1.29 is 18.9 Å². The third kappa shape index (κ3) is 7.83. The number of aromatic nitrogens is 1. The summed E-state index contributed by atoms with van der Waals surface area (Å²) in [5.74, 6) is 0. The molecule has 0 aliphatic carbocycles. The lowest BCUT2D eigenvalue weighted by molar-refractivity contribution is -0.222. The molecule has 43 heavy (non-hydrogen) atoms. The number of nitrogens with zero attached hydrogens (tertiary/aromatic N) is 1. The lowest BCUT2D eigenvalue weighted by Crippen LogP contribution is -2.50. The van der Waals surface area contributed by atoms with Gasteiger partial charge in [-0.25, -0.2) is 0 Å². The molecule has 5 nitrogen and oxygen atoms in total. The predicted octanol–water partition coefficient (Wildman–Crippen LogP) is 7.97. The fourth-order valence-electron chi connectivity index (χ4n) is 5.58. The highest BCUT2D eigenvalue weighted by molar-refractivity contribution is 5.64. The number of ether oxygens (including phenoxy) is 4. The Morgan fingerprint density at radius 1 is 0.605 bits per heavy atom. The van der Waals surface area contributed by atoms with E-state index in [4.69, 9.17) is 18.9 Å². The minimum absolute atomic E-state index is 0.218. The van der Waals surface area contributed by atoms with Gasteiger partial charge in [0.15, 0.2) is 0 Å². The van der Waals surface area contributed by atoms with Crippen molar-refractivity contribution in [3.05, 3.63) is 162 Å². The molecule has 4 aromatic carbocycles. The Morgan fingerprint density at radius 3 is 1.84 bits per heavy atom. The van der Waals surface area contributed by atoms with Gasteiger partial charge in [0, 0.05) is 18.2 Å². The number of rotatable bonds is 12. The molecule has 218 valence electrons. The van der Waals surface area contributed by atoms with Crippen LogP contribution in [0, 0.1) is 0 Å². The minimum Gasteiger partial charge on any atom is -0.374 e. The van der Waals surface area contributed by atoms with Crippen molar-refractivity contribution in [3.63, 3.8) is 0 Å². The highest BCUT2D eigenvalue weighted by atomic mass is 16.6. The normalized spacial score (nSPS) is 20.1. The molecule has 0 radical (unpaired) electrons. The van der Waals surface area contributed by atoms with Crippen molar-refractivity contribution >= 4 is 0 Å². The van der Waals surface area contributed by atoms with Crippen LogP contribution in [0.4, 0.5) is 0 Å². The molecule has 1 aliphatic rings. The van der Waals surface area contributed by atoms with Gasteiger partial charge in [-0.05, 0) is 34.4 Å². The average Bonchev–Trinajstić information content (AvgIpc) is 3.08. The van der Waals surface area contributed by atoms with E-state index in [9.17, 15) is 0 Å². The summed E-state index contributed by atoms with van der Waals surface area (Å²) >= 11 is 0. The fraction of sp³-hybridized carbons (Fsp3) is 0.237. The van der Waals surface area contributed by atoms with E-state index in [-0.39, 0.29) is 24.4 Å². The molecule has 0 unspecified atom stereocenters. The summed E-state index contributed by atoms with van der Waals surface area (Å²) < 4.78 is 26.5. The predicted molar refractivity (Wildman–Crippen MR) is 168 cm³/mol. The molecule has 1 aliphatic heterocycles. The molecule has 1 aromatic heterocycles. The number of benzene rings is 4. The summed E-state index contributed by atoms with van der Waals surface area (Å²) in [6, 6.07) is 45.1. The zero-order valence-electron chi connectivity index (χ0n) is 24.2. The van der Waals surface area contributed by atoms with Crippen LogP contribution in [0.15, 0.2) is 140 Å². The highest BCUT2D eigenvalue weighted by Crippen LogP contribution is 2.39. The first-order valence-corrected chi connectivity index (χ1v) is 14.9. The van der Waals surface area contributed by atoms with E-state index < -0.39 is 0 Å². The van der Waals surface area contributed by atoms with E-state index in [2.05, 4.69) is 59.6 Å². The second-order valence-electron chi connectivity index (χ2n) is 10.8. The average molecular weight is 572 g/mol. The molecular formula is C38H37NO4. The van der Waals surface area contributed by atoms with Gasteiger partial charge in [0.05, 0.1) is 44.3 Å². The zero-order chi connectivity index (χ0) is 29.1. The smallest absolute Gasteiger partial charge is 0.113 e. The molecular weight excluding hydrogens is 534 g/mol. The van der Waals surface area contributed by atoms with E-state index in [1.807, 2.05) is 85.1 Å². The van der Waals surface area contributed by atoms with Crippen LogP contribution in [0.1, 0.15) is 34.8 Å². The number of pyridine rings is 1. The summed E-state index contributed by atoms with van der Waals surface area (Å²) in [6.07, 6.45) is 1.37. The maximum Gasteiger partial charge on any atom is 0.113 e. The second kappa shape index (κ2) is 14.9. The molecule has 2 heterocycles. The fourth-order valence-corrected chi connectivity index (χ4v) is 5.58. The molecule has 0 bridgehead atoms. The summed E-state index contributed by atoms with van der Waals surface area (Å²) in [7, 11) is 0. The molecule has 1 saturated heterocycles. The third-order valence-electron chi connectivity index (χ3n) is 7.75. The van der Waals surface area contributed by atoms with E-state index in [1.54, 1.807) is 0 Å². The van der Waals surface area contributed by atoms with Gasteiger partial charge in [-0.1, -0.05) is 121 Å². The van der Waals surface area contributed by atoms with E-state index in [1.165, 1.54) is 0 Å². The van der Waals surface area contributed by atoms with Crippen molar-refractivity contribution in [1.29, 1.82) is 0 Å². The van der Waals surface area contributed by atoms with Crippen LogP contribution in [0.3, 0.4) is 0 Å². The van der Waals surface area contributed by atoms with Gasteiger partial charge in [-0.3, -0.25) is 4.98 Å². The second-order valence-corrected chi connectivity index (χ2v) is 10.8.